The quantitative estimate of drug-likeness (QED) is 0.864. The number of nitrogens with one attached hydrogen (secondary N) is 1. The molecule has 2 amide bonds. The van der Waals surface area contributed by atoms with Crippen molar-refractivity contribution >= 4 is 22.5 Å². The lowest BCUT2D eigenvalue weighted by Crippen LogP contribution is -2.36. The van der Waals surface area contributed by atoms with E-state index < -0.39 is 18.0 Å². The minimum atomic E-state index is -0.673. The number of amides is 2. The van der Waals surface area contributed by atoms with Crippen LogP contribution in [-0.4, -0.2) is 40.7 Å². The number of likely N-dealkylation sites (N-methyl/N-ethyl adjacent to an activating group) is 1. The van der Waals surface area contributed by atoms with Gasteiger partial charge < -0.3 is 14.7 Å². The van der Waals surface area contributed by atoms with Gasteiger partial charge in [0, 0.05) is 19.7 Å². The third kappa shape index (κ3) is 4.65. The van der Waals surface area contributed by atoms with Crippen LogP contribution in [0.3, 0.4) is 0 Å². The van der Waals surface area contributed by atoms with Crippen molar-refractivity contribution in [3.63, 3.8) is 0 Å². The molecule has 1 atom stereocenters. The third-order valence-electron chi connectivity index (χ3n) is 2.86. The van der Waals surface area contributed by atoms with Crippen molar-refractivity contribution < 1.29 is 19.0 Å². The number of aliphatic hydroxyl groups is 1. The van der Waals surface area contributed by atoms with Crippen LogP contribution in [0.25, 0.3) is 0 Å². The van der Waals surface area contributed by atoms with E-state index in [-0.39, 0.29) is 17.9 Å². The molecule has 0 unspecified atom stereocenters. The lowest BCUT2D eigenvalue weighted by Gasteiger charge is -2.18. The van der Waals surface area contributed by atoms with E-state index in [1.807, 2.05) is 0 Å². The van der Waals surface area contributed by atoms with Gasteiger partial charge in [0.15, 0.2) is 5.13 Å². The van der Waals surface area contributed by atoms with Crippen molar-refractivity contribution in [2.45, 2.75) is 13.0 Å². The van der Waals surface area contributed by atoms with E-state index in [0.29, 0.717) is 10.2 Å². The molecule has 0 saturated heterocycles. The molecule has 1 aromatic carbocycles. The number of carbonyl (C=O) groups excluding carboxylic acids is 1. The monoisotopic (exact) mass is 350 g/mol. The fraction of sp³-hybridized carbons (Fsp3) is 0.267. The Bertz CT molecular complexity index is 772. The number of hydrogen-bond acceptors (Lipinski definition) is 6. The lowest BCUT2D eigenvalue weighted by molar-refractivity contribution is 0.149. The van der Waals surface area contributed by atoms with Gasteiger partial charge in [0.2, 0.25) is 5.06 Å². The first-order valence-corrected chi connectivity index (χ1v) is 7.74. The molecule has 7 nitrogen and oxygen atoms in total. The minimum Gasteiger partial charge on any atom is -0.445 e. The summed E-state index contributed by atoms with van der Waals surface area (Å²) < 4.78 is 19.0. The molecule has 2 N–H and O–H groups in total. The van der Waals surface area contributed by atoms with E-state index in [1.54, 1.807) is 20.0 Å². The highest BCUT2D eigenvalue weighted by Gasteiger charge is 2.14. The van der Waals surface area contributed by atoms with E-state index in [2.05, 4.69) is 10.3 Å². The number of rotatable bonds is 5. The molecule has 24 heavy (non-hydrogen) atoms. The topological polar surface area (TPSA) is 98.5 Å². The van der Waals surface area contributed by atoms with Gasteiger partial charge in [0.25, 0.3) is 0 Å². The molecule has 2 rings (SSSR count). The first-order chi connectivity index (χ1) is 11.4. The Hall–Kier alpha value is -2.70. The Morgan fingerprint density at radius 2 is 2.38 bits per heavy atom. The molecule has 2 aromatic rings. The van der Waals surface area contributed by atoms with Gasteiger partial charge in [-0.3, -0.25) is 5.32 Å². The highest BCUT2D eigenvalue weighted by atomic mass is 32.1. The second kappa shape index (κ2) is 7.72. The molecule has 0 bridgehead atoms. The van der Waals surface area contributed by atoms with Gasteiger partial charge in [0.05, 0.1) is 17.9 Å². The number of anilines is 1. The summed E-state index contributed by atoms with van der Waals surface area (Å²) in [4.78, 5) is 17.2. The van der Waals surface area contributed by atoms with Gasteiger partial charge in [0.1, 0.15) is 17.6 Å². The van der Waals surface area contributed by atoms with Crippen molar-refractivity contribution in [1.29, 1.82) is 5.26 Å². The van der Waals surface area contributed by atoms with Gasteiger partial charge >= 0.3 is 6.03 Å². The predicted molar refractivity (Wildman–Crippen MR) is 86.6 cm³/mol. The lowest BCUT2D eigenvalue weighted by atomic mass is 10.2. The average molecular weight is 350 g/mol. The molecule has 0 aliphatic rings. The number of halogens is 1. The molecular formula is C15H15FN4O3S. The molecule has 126 valence electrons. The number of benzene rings is 1. The maximum absolute atomic E-state index is 13.5. The van der Waals surface area contributed by atoms with E-state index >= 15 is 0 Å². The standard InChI is InChI=1S/C15H15FN4O3S/c1-9(21)8-20(2)15(22)19-14-18-7-13(24-14)23-11-4-3-10(6-17)12(16)5-11/h3-5,7,9,21H,8H2,1-2H3,(H,18,19,22)/t9-/m0/s1. The second-order valence-electron chi connectivity index (χ2n) is 5.00. The van der Waals surface area contributed by atoms with Crippen molar-refractivity contribution in [3.05, 3.63) is 35.8 Å². The summed E-state index contributed by atoms with van der Waals surface area (Å²) in [5.41, 5.74) is -0.0687. The third-order valence-corrected chi connectivity index (χ3v) is 3.65. The Morgan fingerprint density at radius 3 is 3.00 bits per heavy atom. The molecule has 0 aliphatic carbocycles. The molecule has 1 aromatic heterocycles. The van der Waals surface area contributed by atoms with Crippen molar-refractivity contribution in [3.8, 4) is 16.9 Å². The Kier molecular flexibility index (Phi) is 5.68. The van der Waals surface area contributed by atoms with E-state index in [9.17, 15) is 14.3 Å². The zero-order chi connectivity index (χ0) is 17.7. The zero-order valence-corrected chi connectivity index (χ0v) is 13.8. The fourth-order valence-corrected chi connectivity index (χ4v) is 2.47. The Labute approximate surface area is 141 Å². The van der Waals surface area contributed by atoms with E-state index in [1.165, 1.54) is 23.2 Å². The minimum absolute atomic E-state index is 0.0687. The number of nitrogens with zero attached hydrogens (tertiary/aromatic N) is 3. The molecule has 0 saturated carbocycles. The van der Waals surface area contributed by atoms with Crippen LogP contribution >= 0.6 is 11.3 Å². The van der Waals surface area contributed by atoms with Crippen LogP contribution in [0.2, 0.25) is 0 Å². The van der Waals surface area contributed by atoms with Crippen LogP contribution in [-0.2, 0) is 0 Å². The number of ether oxygens (including phenoxy) is 1. The first-order valence-electron chi connectivity index (χ1n) is 6.92. The van der Waals surface area contributed by atoms with E-state index in [4.69, 9.17) is 10.00 Å². The number of urea groups is 1. The van der Waals surface area contributed by atoms with Crippen LogP contribution in [0.4, 0.5) is 14.3 Å². The molecule has 1 heterocycles. The van der Waals surface area contributed by atoms with Crippen LogP contribution < -0.4 is 10.1 Å². The predicted octanol–water partition coefficient (Wildman–Crippen LogP) is 2.79. The second-order valence-corrected chi connectivity index (χ2v) is 5.99. The smallest absolute Gasteiger partial charge is 0.323 e. The van der Waals surface area contributed by atoms with Gasteiger partial charge in [-0.15, -0.1) is 0 Å². The van der Waals surface area contributed by atoms with Crippen LogP contribution in [0.15, 0.2) is 24.4 Å². The maximum Gasteiger partial charge on any atom is 0.323 e. The van der Waals surface area contributed by atoms with Gasteiger partial charge in [-0.25, -0.2) is 14.2 Å². The normalized spacial score (nSPS) is 11.5. The molecule has 0 fully saturated rings. The van der Waals surface area contributed by atoms with Crippen molar-refractivity contribution in [2.75, 3.05) is 18.9 Å². The van der Waals surface area contributed by atoms with Crippen LogP contribution in [0.1, 0.15) is 12.5 Å². The number of carbonyl (C=O) groups is 1. The summed E-state index contributed by atoms with van der Waals surface area (Å²) in [6.07, 6.45) is 0.757. The highest BCUT2D eigenvalue weighted by Crippen LogP contribution is 2.31. The van der Waals surface area contributed by atoms with Crippen molar-refractivity contribution in [2.24, 2.45) is 0 Å². The number of aliphatic hydroxyl groups excluding tert-OH is 1. The van der Waals surface area contributed by atoms with Crippen LogP contribution in [0.5, 0.6) is 10.8 Å². The average Bonchev–Trinajstić information content (AvgIpc) is 2.93. The number of nitriles is 1. The van der Waals surface area contributed by atoms with Gasteiger partial charge in [-0.2, -0.15) is 5.26 Å². The summed E-state index contributed by atoms with van der Waals surface area (Å²) in [7, 11) is 1.55. The fourth-order valence-electron chi connectivity index (χ4n) is 1.80. The SMILES string of the molecule is C[C@H](O)CN(C)C(=O)Nc1ncc(Oc2ccc(C#N)c(F)c2)s1. The largest absolute Gasteiger partial charge is 0.445 e. The Balaban J connectivity index is 1.99. The summed E-state index contributed by atoms with van der Waals surface area (Å²) in [5, 5.41) is 21.2. The van der Waals surface area contributed by atoms with Crippen molar-refractivity contribution in [1.82, 2.24) is 9.88 Å². The number of aromatic nitrogens is 1. The number of thiazole rings is 1. The summed E-state index contributed by atoms with van der Waals surface area (Å²) in [6.45, 7) is 1.76. The maximum atomic E-state index is 13.5. The van der Waals surface area contributed by atoms with Gasteiger partial charge in [-0.05, 0) is 19.1 Å². The van der Waals surface area contributed by atoms with Gasteiger partial charge in [-0.1, -0.05) is 11.3 Å². The molecule has 0 radical (unpaired) electrons. The van der Waals surface area contributed by atoms with E-state index in [0.717, 1.165) is 17.4 Å². The first kappa shape index (κ1) is 17.7. The molecule has 0 spiro atoms. The highest BCUT2D eigenvalue weighted by molar-refractivity contribution is 7.17. The molecular weight excluding hydrogens is 335 g/mol. The molecule has 9 heteroatoms. The summed E-state index contributed by atoms with van der Waals surface area (Å²) in [6, 6.07) is 5.20. The number of hydrogen-bond donors (Lipinski definition) is 2. The summed E-state index contributed by atoms with van der Waals surface area (Å²) >= 11 is 1.07. The Morgan fingerprint density at radius 1 is 1.62 bits per heavy atom. The van der Waals surface area contributed by atoms with Crippen LogP contribution in [0, 0.1) is 17.1 Å². The zero-order valence-electron chi connectivity index (χ0n) is 13.0. The molecule has 0 aliphatic heterocycles. The summed E-state index contributed by atoms with van der Waals surface area (Å²) in [5.74, 6) is -0.452.